The number of nitrogens with zero attached hydrogens (tertiary/aromatic N) is 1. The Labute approximate surface area is 104 Å². The van der Waals surface area contributed by atoms with Crippen molar-refractivity contribution in [2.45, 2.75) is 19.4 Å². The largest absolute Gasteiger partial charge is 0.451 e. The van der Waals surface area contributed by atoms with Gasteiger partial charge in [0, 0.05) is 19.4 Å². The lowest BCUT2D eigenvalue weighted by atomic mass is 10.2. The lowest BCUT2D eigenvalue weighted by Gasteiger charge is -2.04. The summed E-state index contributed by atoms with van der Waals surface area (Å²) in [6.45, 7) is 0.401. The second kappa shape index (κ2) is 5.95. The average Bonchev–Trinajstić information content (AvgIpc) is 2.89. The Bertz CT molecular complexity index is 494. The molecule has 1 amide bonds. The van der Waals surface area contributed by atoms with Gasteiger partial charge in [0.2, 0.25) is 5.91 Å². The summed E-state index contributed by atoms with van der Waals surface area (Å²) >= 11 is 0. The number of nitrogens with one attached hydrogen (secondary N) is 1. The van der Waals surface area contributed by atoms with Crippen LogP contribution in [0.1, 0.15) is 17.7 Å². The van der Waals surface area contributed by atoms with E-state index < -0.39 is 0 Å². The first-order chi connectivity index (χ1) is 8.74. The second-order valence-corrected chi connectivity index (χ2v) is 3.88. The highest BCUT2D eigenvalue weighted by molar-refractivity contribution is 5.76. The van der Waals surface area contributed by atoms with Crippen molar-refractivity contribution in [2.75, 3.05) is 0 Å². The van der Waals surface area contributed by atoms with E-state index in [1.807, 2.05) is 0 Å². The Morgan fingerprint density at radius 3 is 2.78 bits per heavy atom. The van der Waals surface area contributed by atoms with E-state index in [1.54, 1.807) is 12.1 Å². The summed E-state index contributed by atoms with van der Waals surface area (Å²) in [4.78, 5) is 15.5. The molecule has 2 aromatic rings. The number of halogens is 1. The van der Waals surface area contributed by atoms with Gasteiger partial charge < -0.3 is 9.73 Å². The Morgan fingerprint density at radius 2 is 2.11 bits per heavy atom. The Hall–Kier alpha value is -2.17. The van der Waals surface area contributed by atoms with Crippen LogP contribution < -0.4 is 5.32 Å². The molecule has 1 aromatic carbocycles. The number of amides is 1. The molecule has 94 valence electrons. The standard InChI is InChI=1S/C13H13FN2O2/c14-11-3-1-10(2-4-11)7-15-13(17)6-5-12-8-18-9-16-12/h1-4,8-9H,5-7H2,(H,15,17). The molecule has 5 heteroatoms. The molecule has 0 saturated heterocycles. The van der Waals surface area contributed by atoms with E-state index in [2.05, 4.69) is 10.3 Å². The predicted octanol–water partition coefficient (Wildman–Crippen LogP) is 2.06. The van der Waals surface area contributed by atoms with E-state index >= 15 is 0 Å². The maximum Gasteiger partial charge on any atom is 0.220 e. The molecular formula is C13H13FN2O2. The molecule has 0 unspecified atom stereocenters. The lowest BCUT2D eigenvalue weighted by molar-refractivity contribution is -0.121. The molecule has 0 atom stereocenters. The summed E-state index contributed by atoms with van der Waals surface area (Å²) < 4.78 is 17.5. The zero-order chi connectivity index (χ0) is 12.8. The first-order valence-corrected chi connectivity index (χ1v) is 5.62. The van der Waals surface area contributed by atoms with E-state index in [4.69, 9.17) is 4.42 Å². The van der Waals surface area contributed by atoms with Gasteiger partial charge in [0.15, 0.2) is 6.39 Å². The summed E-state index contributed by atoms with van der Waals surface area (Å²) in [7, 11) is 0. The molecular weight excluding hydrogens is 235 g/mol. The monoisotopic (exact) mass is 248 g/mol. The van der Waals surface area contributed by atoms with Gasteiger partial charge in [0.25, 0.3) is 0 Å². The van der Waals surface area contributed by atoms with Crippen LogP contribution in [0, 0.1) is 5.82 Å². The topological polar surface area (TPSA) is 55.1 Å². The van der Waals surface area contributed by atoms with Gasteiger partial charge in [0.1, 0.15) is 12.1 Å². The molecule has 0 fully saturated rings. The summed E-state index contributed by atoms with van der Waals surface area (Å²) in [6, 6.07) is 6.04. The van der Waals surface area contributed by atoms with Crippen LogP contribution in [0.2, 0.25) is 0 Å². The highest BCUT2D eigenvalue weighted by atomic mass is 19.1. The molecule has 1 aromatic heterocycles. The van der Waals surface area contributed by atoms with Crippen LogP contribution in [0.4, 0.5) is 4.39 Å². The van der Waals surface area contributed by atoms with Gasteiger partial charge in [-0.3, -0.25) is 4.79 Å². The SMILES string of the molecule is O=C(CCc1cocn1)NCc1ccc(F)cc1. The van der Waals surface area contributed by atoms with Gasteiger partial charge in [-0.05, 0) is 17.7 Å². The molecule has 0 aliphatic heterocycles. The third-order valence-corrected chi connectivity index (χ3v) is 2.49. The number of oxazole rings is 1. The summed E-state index contributed by atoms with van der Waals surface area (Å²) in [5.74, 6) is -0.349. The zero-order valence-electron chi connectivity index (χ0n) is 9.73. The van der Waals surface area contributed by atoms with E-state index in [9.17, 15) is 9.18 Å². The van der Waals surface area contributed by atoms with Crippen molar-refractivity contribution in [3.05, 3.63) is 54.0 Å². The third kappa shape index (κ3) is 3.69. The molecule has 0 saturated carbocycles. The van der Waals surface area contributed by atoms with Crippen molar-refractivity contribution >= 4 is 5.91 Å². The van der Waals surface area contributed by atoms with E-state index in [-0.39, 0.29) is 11.7 Å². The minimum absolute atomic E-state index is 0.0673. The first kappa shape index (κ1) is 12.3. The van der Waals surface area contributed by atoms with Crippen LogP contribution in [0.5, 0.6) is 0 Å². The van der Waals surface area contributed by atoms with Crippen molar-refractivity contribution in [3.63, 3.8) is 0 Å². The highest BCUT2D eigenvalue weighted by Gasteiger charge is 2.04. The van der Waals surface area contributed by atoms with Gasteiger partial charge in [-0.1, -0.05) is 12.1 Å². The van der Waals surface area contributed by atoms with Crippen LogP contribution in [0.25, 0.3) is 0 Å². The second-order valence-electron chi connectivity index (χ2n) is 3.88. The number of aromatic nitrogens is 1. The quantitative estimate of drug-likeness (QED) is 0.881. The fourth-order valence-corrected chi connectivity index (χ4v) is 1.49. The van der Waals surface area contributed by atoms with Crippen LogP contribution in [-0.2, 0) is 17.8 Å². The number of hydrogen-bond acceptors (Lipinski definition) is 3. The van der Waals surface area contributed by atoms with Crippen molar-refractivity contribution < 1.29 is 13.6 Å². The number of rotatable bonds is 5. The Balaban J connectivity index is 1.73. The number of carbonyl (C=O) groups excluding carboxylic acids is 1. The van der Waals surface area contributed by atoms with Crippen molar-refractivity contribution in [3.8, 4) is 0 Å². The summed E-state index contributed by atoms with van der Waals surface area (Å²) in [6.07, 6.45) is 3.76. The zero-order valence-corrected chi connectivity index (χ0v) is 9.73. The molecule has 1 heterocycles. The third-order valence-electron chi connectivity index (χ3n) is 2.49. The van der Waals surface area contributed by atoms with E-state index in [1.165, 1.54) is 24.8 Å². The van der Waals surface area contributed by atoms with Gasteiger partial charge in [-0.2, -0.15) is 0 Å². The van der Waals surface area contributed by atoms with Gasteiger partial charge in [-0.25, -0.2) is 9.37 Å². The molecule has 0 aliphatic carbocycles. The molecule has 18 heavy (non-hydrogen) atoms. The maximum absolute atomic E-state index is 12.7. The molecule has 0 radical (unpaired) electrons. The van der Waals surface area contributed by atoms with Crippen LogP contribution in [0.3, 0.4) is 0 Å². The first-order valence-electron chi connectivity index (χ1n) is 5.62. The van der Waals surface area contributed by atoms with Crippen molar-refractivity contribution in [1.82, 2.24) is 10.3 Å². The lowest BCUT2D eigenvalue weighted by Crippen LogP contribution is -2.23. The number of hydrogen-bond donors (Lipinski definition) is 1. The van der Waals surface area contributed by atoms with Crippen LogP contribution in [0.15, 0.2) is 41.3 Å². The Kier molecular flexibility index (Phi) is 4.06. The fourth-order valence-electron chi connectivity index (χ4n) is 1.49. The van der Waals surface area contributed by atoms with Crippen molar-refractivity contribution in [2.24, 2.45) is 0 Å². The molecule has 0 spiro atoms. The van der Waals surface area contributed by atoms with Gasteiger partial charge >= 0.3 is 0 Å². The number of carbonyl (C=O) groups is 1. The van der Waals surface area contributed by atoms with Crippen LogP contribution in [-0.4, -0.2) is 10.9 Å². The molecule has 4 nitrogen and oxygen atoms in total. The highest BCUT2D eigenvalue weighted by Crippen LogP contribution is 2.03. The molecule has 1 N–H and O–H groups in total. The van der Waals surface area contributed by atoms with Gasteiger partial charge in [-0.15, -0.1) is 0 Å². The van der Waals surface area contributed by atoms with Crippen molar-refractivity contribution in [1.29, 1.82) is 0 Å². The minimum Gasteiger partial charge on any atom is -0.451 e. The summed E-state index contributed by atoms with van der Waals surface area (Å²) in [5, 5.41) is 2.76. The number of benzene rings is 1. The summed E-state index contributed by atoms with van der Waals surface area (Å²) in [5.41, 5.74) is 1.62. The molecule has 2 rings (SSSR count). The minimum atomic E-state index is -0.281. The number of aryl methyl sites for hydroxylation is 1. The Morgan fingerprint density at radius 1 is 1.33 bits per heavy atom. The normalized spacial score (nSPS) is 10.3. The smallest absolute Gasteiger partial charge is 0.220 e. The average molecular weight is 248 g/mol. The predicted molar refractivity (Wildman–Crippen MR) is 63.1 cm³/mol. The maximum atomic E-state index is 12.7. The van der Waals surface area contributed by atoms with Gasteiger partial charge in [0.05, 0.1) is 5.69 Å². The van der Waals surface area contributed by atoms with E-state index in [0.29, 0.717) is 19.4 Å². The molecule has 0 bridgehead atoms. The van der Waals surface area contributed by atoms with E-state index in [0.717, 1.165) is 11.3 Å². The fraction of sp³-hybridized carbons (Fsp3) is 0.231. The molecule has 0 aliphatic rings. The van der Waals surface area contributed by atoms with Crippen LogP contribution >= 0.6 is 0 Å².